The van der Waals surface area contributed by atoms with E-state index in [9.17, 15) is 4.79 Å². The Labute approximate surface area is 159 Å². The van der Waals surface area contributed by atoms with Crippen LogP contribution < -0.4 is 5.32 Å². The molecule has 2 aromatic carbocycles. The van der Waals surface area contributed by atoms with Crippen LogP contribution in [-0.2, 0) is 10.5 Å². The van der Waals surface area contributed by atoms with Crippen LogP contribution in [0.4, 0.5) is 5.69 Å². The van der Waals surface area contributed by atoms with Crippen LogP contribution in [0, 0.1) is 13.8 Å². The van der Waals surface area contributed by atoms with Gasteiger partial charge in [-0.1, -0.05) is 42.5 Å². The Kier molecular flexibility index (Phi) is 6.29. The number of carbonyl (C=O) groups excluding carboxylic acids is 1. The summed E-state index contributed by atoms with van der Waals surface area (Å²) >= 11 is 1.86. The highest BCUT2D eigenvalue weighted by atomic mass is 32.2. The van der Waals surface area contributed by atoms with Gasteiger partial charge in [-0.15, -0.1) is 0 Å². The predicted molar refractivity (Wildman–Crippen MR) is 112 cm³/mol. The number of anilines is 1. The Morgan fingerprint density at radius 2 is 1.77 bits per heavy atom. The molecule has 0 unspecified atom stereocenters. The third kappa shape index (κ3) is 4.64. The van der Waals surface area contributed by atoms with E-state index in [2.05, 4.69) is 34.6 Å². The third-order valence-corrected chi connectivity index (χ3v) is 5.50. The molecule has 0 aliphatic heterocycles. The molecule has 1 N–H and O–H groups in total. The fourth-order valence-electron chi connectivity index (χ4n) is 3.01. The largest absolute Gasteiger partial charge is 0.326 e. The maximum atomic E-state index is 12.2. The molecular weight excluding hydrogens is 340 g/mol. The highest BCUT2D eigenvalue weighted by molar-refractivity contribution is 7.98. The van der Waals surface area contributed by atoms with Crippen molar-refractivity contribution in [2.45, 2.75) is 32.4 Å². The highest BCUT2D eigenvalue weighted by Gasteiger charge is 2.07. The minimum absolute atomic E-state index is 0.0924. The fraction of sp³-hybridized carbons (Fsp3) is 0.273. The molecule has 0 aliphatic carbocycles. The minimum Gasteiger partial charge on any atom is -0.326 e. The summed E-state index contributed by atoms with van der Waals surface area (Å²) < 4.78 is 0. The lowest BCUT2D eigenvalue weighted by atomic mass is 10.1. The average molecular weight is 365 g/mol. The SMILES string of the molecule is Cc1cccc(C)c1NC(=O)CCCSCc1cccc2cccnc12. The first kappa shape index (κ1) is 18.5. The van der Waals surface area contributed by atoms with Gasteiger partial charge < -0.3 is 5.32 Å². The van der Waals surface area contributed by atoms with E-state index in [0.717, 1.165) is 40.3 Å². The normalized spacial score (nSPS) is 10.8. The standard InChI is InChI=1S/C22H24N2OS/c1-16-7-3-8-17(2)21(16)24-20(25)12-6-14-26-15-19-10-4-9-18-11-5-13-23-22(18)19/h3-5,7-11,13H,6,12,14-15H2,1-2H3,(H,24,25). The van der Waals surface area contributed by atoms with Gasteiger partial charge in [0.2, 0.25) is 5.91 Å². The van der Waals surface area contributed by atoms with Crippen molar-refractivity contribution in [1.29, 1.82) is 0 Å². The van der Waals surface area contributed by atoms with Gasteiger partial charge in [-0.05, 0) is 48.8 Å². The number of rotatable bonds is 7. The molecule has 0 fully saturated rings. The van der Waals surface area contributed by atoms with Crippen molar-refractivity contribution in [3.05, 3.63) is 71.4 Å². The second kappa shape index (κ2) is 8.86. The molecule has 1 amide bonds. The number of para-hydroxylation sites is 2. The first-order valence-electron chi connectivity index (χ1n) is 8.91. The minimum atomic E-state index is 0.0924. The van der Waals surface area contributed by atoms with Crippen LogP contribution in [0.3, 0.4) is 0 Å². The van der Waals surface area contributed by atoms with Crippen molar-refractivity contribution < 1.29 is 4.79 Å². The predicted octanol–water partition coefficient (Wildman–Crippen LogP) is 5.50. The van der Waals surface area contributed by atoms with E-state index >= 15 is 0 Å². The van der Waals surface area contributed by atoms with E-state index in [4.69, 9.17) is 0 Å². The molecule has 0 radical (unpaired) electrons. The first-order chi connectivity index (χ1) is 12.6. The molecule has 1 aromatic heterocycles. The number of benzene rings is 2. The van der Waals surface area contributed by atoms with Crippen LogP contribution in [0.2, 0.25) is 0 Å². The first-order valence-corrected chi connectivity index (χ1v) is 10.1. The summed E-state index contributed by atoms with van der Waals surface area (Å²) in [6.45, 7) is 4.05. The lowest BCUT2D eigenvalue weighted by molar-refractivity contribution is -0.116. The summed E-state index contributed by atoms with van der Waals surface area (Å²) in [5.74, 6) is 1.98. The van der Waals surface area contributed by atoms with E-state index in [1.165, 1.54) is 10.9 Å². The maximum Gasteiger partial charge on any atom is 0.224 e. The van der Waals surface area contributed by atoms with Crippen LogP contribution in [0.5, 0.6) is 0 Å². The Bertz CT molecular complexity index is 882. The second-order valence-electron chi connectivity index (χ2n) is 6.46. The van der Waals surface area contributed by atoms with Crippen LogP contribution in [0.1, 0.15) is 29.5 Å². The lowest BCUT2D eigenvalue weighted by Gasteiger charge is -2.11. The van der Waals surface area contributed by atoms with E-state index in [1.54, 1.807) is 0 Å². The van der Waals surface area contributed by atoms with Gasteiger partial charge in [0.15, 0.2) is 0 Å². The van der Waals surface area contributed by atoms with Crippen molar-refractivity contribution in [2.24, 2.45) is 0 Å². The van der Waals surface area contributed by atoms with E-state index in [1.807, 2.05) is 56.1 Å². The fourth-order valence-corrected chi connectivity index (χ4v) is 3.96. The topological polar surface area (TPSA) is 42.0 Å². The van der Waals surface area contributed by atoms with E-state index in [0.29, 0.717) is 6.42 Å². The van der Waals surface area contributed by atoms with Gasteiger partial charge in [-0.2, -0.15) is 11.8 Å². The molecular formula is C22H24N2OS. The summed E-state index contributed by atoms with van der Waals surface area (Å²) in [6, 6.07) is 16.4. The van der Waals surface area contributed by atoms with Crippen LogP contribution in [0.15, 0.2) is 54.7 Å². The van der Waals surface area contributed by atoms with Crippen molar-refractivity contribution in [1.82, 2.24) is 4.98 Å². The number of carbonyl (C=O) groups is 1. The molecule has 0 bridgehead atoms. The average Bonchev–Trinajstić information content (AvgIpc) is 2.65. The van der Waals surface area contributed by atoms with Gasteiger partial charge in [0.05, 0.1) is 5.52 Å². The van der Waals surface area contributed by atoms with Crippen molar-refractivity contribution in [3.63, 3.8) is 0 Å². The lowest BCUT2D eigenvalue weighted by Crippen LogP contribution is -2.13. The number of nitrogens with zero attached hydrogens (tertiary/aromatic N) is 1. The Hall–Kier alpha value is -2.33. The molecule has 1 heterocycles. The molecule has 4 heteroatoms. The van der Waals surface area contributed by atoms with E-state index < -0.39 is 0 Å². The number of pyridine rings is 1. The molecule has 3 rings (SSSR count). The summed E-state index contributed by atoms with van der Waals surface area (Å²) in [6.07, 6.45) is 3.27. The number of aromatic nitrogens is 1. The van der Waals surface area contributed by atoms with Crippen LogP contribution in [-0.4, -0.2) is 16.6 Å². The zero-order valence-electron chi connectivity index (χ0n) is 15.3. The Morgan fingerprint density at radius 1 is 1.04 bits per heavy atom. The molecule has 0 saturated heterocycles. The van der Waals surface area contributed by atoms with Crippen molar-refractivity contribution in [2.75, 3.05) is 11.1 Å². The molecule has 3 nitrogen and oxygen atoms in total. The van der Waals surface area contributed by atoms with Gasteiger partial charge in [-0.25, -0.2) is 0 Å². The summed E-state index contributed by atoms with van der Waals surface area (Å²) in [5.41, 5.74) is 5.50. The van der Waals surface area contributed by atoms with Crippen molar-refractivity contribution >= 4 is 34.3 Å². The van der Waals surface area contributed by atoms with Gasteiger partial charge in [-0.3, -0.25) is 9.78 Å². The van der Waals surface area contributed by atoms with Crippen LogP contribution >= 0.6 is 11.8 Å². The maximum absolute atomic E-state index is 12.2. The van der Waals surface area contributed by atoms with E-state index in [-0.39, 0.29) is 5.91 Å². The number of hydrogen-bond acceptors (Lipinski definition) is 3. The second-order valence-corrected chi connectivity index (χ2v) is 7.57. The summed E-state index contributed by atoms with van der Waals surface area (Å²) in [5, 5.41) is 4.23. The van der Waals surface area contributed by atoms with Gasteiger partial charge in [0.1, 0.15) is 0 Å². The third-order valence-electron chi connectivity index (χ3n) is 4.41. The van der Waals surface area contributed by atoms with Gasteiger partial charge in [0, 0.05) is 29.4 Å². The summed E-state index contributed by atoms with van der Waals surface area (Å²) in [7, 11) is 0. The van der Waals surface area contributed by atoms with Crippen LogP contribution in [0.25, 0.3) is 10.9 Å². The zero-order chi connectivity index (χ0) is 18.4. The Morgan fingerprint density at radius 3 is 2.58 bits per heavy atom. The molecule has 0 spiro atoms. The monoisotopic (exact) mass is 364 g/mol. The summed E-state index contributed by atoms with van der Waals surface area (Å²) in [4.78, 5) is 16.7. The Balaban J connectivity index is 1.45. The van der Waals surface area contributed by atoms with Crippen molar-refractivity contribution in [3.8, 4) is 0 Å². The number of amides is 1. The smallest absolute Gasteiger partial charge is 0.224 e. The quantitative estimate of drug-likeness (QED) is 0.563. The van der Waals surface area contributed by atoms with Gasteiger partial charge in [0.25, 0.3) is 0 Å². The molecule has 134 valence electrons. The molecule has 0 saturated carbocycles. The number of hydrogen-bond donors (Lipinski definition) is 1. The molecule has 0 aliphatic rings. The van der Waals surface area contributed by atoms with Gasteiger partial charge >= 0.3 is 0 Å². The number of nitrogens with one attached hydrogen (secondary N) is 1. The molecule has 3 aromatic rings. The zero-order valence-corrected chi connectivity index (χ0v) is 16.1. The number of fused-ring (bicyclic) bond motifs is 1. The number of aryl methyl sites for hydroxylation is 2. The highest BCUT2D eigenvalue weighted by Crippen LogP contribution is 2.22. The number of thioether (sulfide) groups is 1. The molecule has 0 atom stereocenters. The molecule has 26 heavy (non-hydrogen) atoms.